The molecule has 8 heteroatoms. The topological polar surface area (TPSA) is 118 Å². The van der Waals surface area contributed by atoms with Crippen LogP contribution in [0.25, 0.3) is 0 Å². The molecular weight excluding hydrogens is 286 g/mol. The van der Waals surface area contributed by atoms with Crippen LogP contribution in [0.2, 0.25) is 0 Å². The number of nitrogens with zero attached hydrogens (tertiary/aromatic N) is 3. The number of benzene rings is 1. The van der Waals surface area contributed by atoms with Gasteiger partial charge in [0.15, 0.2) is 5.71 Å². The summed E-state index contributed by atoms with van der Waals surface area (Å²) in [6, 6.07) is 8.48. The molecule has 2 amide bonds. The van der Waals surface area contributed by atoms with Crippen molar-refractivity contribution in [1.29, 1.82) is 0 Å². The molecule has 0 aliphatic carbocycles. The maximum absolute atomic E-state index is 11.7. The molecule has 0 saturated carbocycles. The predicted octanol–water partition coefficient (Wildman–Crippen LogP) is 1.07. The number of urea groups is 1. The first-order valence-corrected chi connectivity index (χ1v) is 6.31. The molecule has 0 fully saturated rings. The summed E-state index contributed by atoms with van der Waals surface area (Å²) >= 11 is 0. The molecule has 0 atom stereocenters. The quantitative estimate of drug-likeness (QED) is 0.481. The smallest absolute Gasteiger partial charge is 0.360 e. The number of ether oxygens (including phenoxy) is 1. The van der Waals surface area contributed by atoms with Gasteiger partial charge in [0, 0.05) is 0 Å². The monoisotopic (exact) mass is 303 g/mol. The molecule has 0 heterocycles. The molecule has 0 radical (unpaired) electrons. The van der Waals surface area contributed by atoms with Crippen LogP contribution in [0.3, 0.4) is 0 Å². The van der Waals surface area contributed by atoms with Crippen molar-refractivity contribution in [2.45, 2.75) is 13.8 Å². The summed E-state index contributed by atoms with van der Waals surface area (Å²) in [5, 5.41) is 11.5. The highest BCUT2D eigenvalue weighted by Crippen LogP contribution is 2.01. The van der Waals surface area contributed by atoms with E-state index in [9.17, 15) is 9.59 Å². The van der Waals surface area contributed by atoms with E-state index >= 15 is 0 Å². The van der Waals surface area contributed by atoms with Crippen LogP contribution in [0.1, 0.15) is 19.4 Å². The number of nitrogens with one attached hydrogen (secondary N) is 1. The van der Waals surface area contributed by atoms with Gasteiger partial charge in [-0.1, -0.05) is 30.3 Å². The zero-order chi connectivity index (χ0) is 16.5. The van der Waals surface area contributed by atoms with Crippen molar-refractivity contribution in [2.24, 2.45) is 21.0 Å². The summed E-state index contributed by atoms with van der Waals surface area (Å²) in [4.78, 5) is 22.3. The van der Waals surface area contributed by atoms with Crippen LogP contribution in [0.15, 0.2) is 45.6 Å². The van der Waals surface area contributed by atoms with E-state index in [4.69, 9.17) is 5.73 Å². The molecule has 1 aromatic carbocycles. The van der Waals surface area contributed by atoms with Gasteiger partial charge < -0.3 is 10.5 Å². The molecule has 0 aliphatic rings. The van der Waals surface area contributed by atoms with E-state index in [-0.39, 0.29) is 11.4 Å². The number of esters is 1. The number of carbonyl (C=O) groups is 2. The van der Waals surface area contributed by atoms with Crippen LogP contribution in [0.4, 0.5) is 4.79 Å². The Balaban J connectivity index is 3.09. The fraction of sp³-hybridized carbons (Fsp3) is 0.214. The Bertz CT molecular complexity index is 635. The number of methoxy groups -OCH3 is 1. The first-order valence-electron chi connectivity index (χ1n) is 6.31. The Morgan fingerprint density at radius 2 is 1.77 bits per heavy atom. The highest BCUT2D eigenvalue weighted by atomic mass is 16.5. The molecule has 3 N–H and O–H groups in total. The third-order valence-electron chi connectivity index (χ3n) is 2.55. The maximum Gasteiger partial charge on any atom is 0.360 e. The molecule has 0 aliphatic heterocycles. The minimum atomic E-state index is -0.854. The van der Waals surface area contributed by atoms with E-state index in [2.05, 4.69) is 20.0 Å². The summed E-state index contributed by atoms with van der Waals surface area (Å²) in [6.45, 7) is 3.22. The van der Waals surface area contributed by atoms with Gasteiger partial charge in [0.1, 0.15) is 0 Å². The number of nitrogens with two attached hydrogens (primary N) is 1. The van der Waals surface area contributed by atoms with Gasteiger partial charge >= 0.3 is 12.0 Å². The van der Waals surface area contributed by atoms with E-state index in [0.717, 1.165) is 5.56 Å². The summed E-state index contributed by atoms with van der Waals surface area (Å²) in [5.41, 5.74) is 8.38. The van der Waals surface area contributed by atoms with Crippen molar-refractivity contribution < 1.29 is 14.3 Å². The zero-order valence-electron chi connectivity index (χ0n) is 12.5. The van der Waals surface area contributed by atoms with Crippen LogP contribution < -0.4 is 11.2 Å². The standard InChI is InChI=1S/C14H17N5O3/c1-9(11-7-5-4-6-8-11)16-18-12(13(20)22-3)10(2)17-19-14(15)21/h4-8H,1-3H3,(H3,15,19,21)/b16-9+,17-10+,18-12-. The van der Waals surface area contributed by atoms with Crippen molar-refractivity contribution in [2.75, 3.05) is 7.11 Å². The third kappa shape index (κ3) is 5.16. The number of amides is 2. The van der Waals surface area contributed by atoms with Crippen molar-refractivity contribution in [3.63, 3.8) is 0 Å². The highest BCUT2D eigenvalue weighted by Gasteiger charge is 2.16. The normalized spacial score (nSPS) is 12.8. The lowest BCUT2D eigenvalue weighted by atomic mass is 10.1. The maximum atomic E-state index is 11.7. The fourth-order valence-electron chi connectivity index (χ4n) is 1.41. The summed E-state index contributed by atoms with van der Waals surface area (Å²) in [5.74, 6) is -0.725. The van der Waals surface area contributed by atoms with E-state index in [1.807, 2.05) is 35.8 Å². The average molecular weight is 303 g/mol. The minimum absolute atomic E-state index is 0.121. The first-order chi connectivity index (χ1) is 10.5. The van der Waals surface area contributed by atoms with Crippen molar-refractivity contribution in [1.82, 2.24) is 5.43 Å². The molecule has 116 valence electrons. The molecule has 0 spiro atoms. The fourth-order valence-corrected chi connectivity index (χ4v) is 1.41. The van der Waals surface area contributed by atoms with Gasteiger partial charge in [-0.05, 0) is 19.4 Å². The first kappa shape index (κ1) is 17.0. The average Bonchev–Trinajstić information content (AvgIpc) is 2.53. The number of rotatable bonds is 5. The second kappa shape index (κ2) is 8.30. The SMILES string of the molecule is COC(=O)C(=N\N=C(/C)c1ccccc1)/C(C)=N/NC(N)=O. The van der Waals surface area contributed by atoms with Gasteiger partial charge in [-0.15, -0.1) is 5.10 Å². The van der Waals surface area contributed by atoms with Crippen molar-refractivity contribution in [3.05, 3.63) is 35.9 Å². The molecule has 1 rings (SSSR count). The highest BCUT2D eigenvalue weighted by molar-refractivity contribution is 6.65. The van der Waals surface area contributed by atoms with E-state index < -0.39 is 12.0 Å². The van der Waals surface area contributed by atoms with Gasteiger partial charge in [0.2, 0.25) is 0 Å². The van der Waals surface area contributed by atoms with E-state index in [0.29, 0.717) is 5.71 Å². The Morgan fingerprint density at radius 3 is 2.32 bits per heavy atom. The minimum Gasteiger partial charge on any atom is -0.464 e. The van der Waals surface area contributed by atoms with E-state index in [1.54, 1.807) is 6.92 Å². The largest absolute Gasteiger partial charge is 0.464 e. The van der Waals surface area contributed by atoms with Gasteiger partial charge in [0.25, 0.3) is 0 Å². The number of hydrogen-bond donors (Lipinski definition) is 2. The van der Waals surface area contributed by atoms with Gasteiger partial charge in [-0.3, -0.25) is 0 Å². The van der Waals surface area contributed by atoms with Crippen LogP contribution >= 0.6 is 0 Å². The number of hydrazone groups is 1. The number of carbonyl (C=O) groups excluding carboxylic acids is 2. The molecular formula is C14H17N5O3. The Hall–Kier alpha value is -3.03. The van der Waals surface area contributed by atoms with Gasteiger partial charge in [-0.2, -0.15) is 10.2 Å². The van der Waals surface area contributed by atoms with Crippen LogP contribution in [0.5, 0.6) is 0 Å². The van der Waals surface area contributed by atoms with Crippen molar-refractivity contribution in [3.8, 4) is 0 Å². The number of primary amides is 1. The van der Waals surface area contributed by atoms with E-state index in [1.165, 1.54) is 14.0 Å². The molecule has 0 aromatic heterocycles. The van der Waals surface area contributed by atoms with Gasteiger partial charge in [0.05, 0.1) is 18.5 Å². The second-order valence-electron chi connectivity index (χ2n) is 4.16. The van der Waals surface area contributed by atoms with Crippen molar-refractivity contribution >= 4 is 29.1 Å². The van der Waals surface area contributed by atoms with Gasteiger partial charge in [-0.25, -0.2) is 15.0 Å². The molecule has 0 bridgehead atoms. The summed E-state index contributed by atoms with van der Waals surface area (Å²) in [7, 11) is 1.21. The Kier molecular flexibility index (Phi) is 6.42. The molecule has 1 aromatic rings. The number of hydrogen-bond acceptors (Lipinski definition) is 6. The Labute approximate surface area is 127 Å². The van der Waals surface area contributed by atoms with Crippen LogP contribution in [0, 0.1) is 0 Å². The lowest BCUT2D eigenvalue weighted by Crippen LogP contribution is -2.30. The zero-order valence-corrected chi connectivity index (χ0v) is 12.5. The predicted molar refractivity (Wildman–Crippen MR) is 83.9 cm³/mol. The molecule has 22 heavy (non-hydrogen) atoms. The second-order valence-corrected chi connectivity index (χ2v) is 4.16. The molecule has 0 unspecified atom stereocenters. The summed E-state index contributed by atoms with van der Waals surface area (Å²) in [6.07, 6.45) is 0. The van der Waals surface area contributed by atoms with Crippen LogP contribution in [-0.4, -0.2) is 36.2 Å². The molecule has 0 saturated heterocycles. The summed E-state index contributed by atoms with van der Waals surface area (Å²) < 4.78 is 4.61. The Morgan fingerprint density at radius 1 is 1.14 bits per heavy atom. The third-order valence-corrected chi connectivity index (χ3v) is 2.55. The molecule has 8 nitrogen and oxygen atoms in total. The lowest BCUT2D eigenvalue weighted by Gasteiger charge is -2.03. The van der Waals surface area contributed by atoms with Crippen LogP contribution in [-0.2, 0) is 9.53 Å². The lowest BCUT2D eigenvalue weighted by molar-refractivity contribution is -0.132.